The minimum Gasteiger partial charge on any atom is -0.398 e. The number of ether oxygens (including phenoxy) is 1. The van der Waals surface area contributed by atoms with Gasteiger partial charge in [0.1, 0.15) is 0 Å². The zero-order valence-electron chi connectivity index (χ0n) is 11.6. The maximum atomic E-state index is 12.0. The van der Waals surface area contributed by atoms with Crippen LogP contribution in [0.2, 0.25) is 5.02 Å². The molecule has 19 heavy (non-hydrogen) atoms. The number of rotatable bonds is 6. The van der Waals surface area contributed by atoms with E-state index in [-0.39, 0.29) is 11.3 Å². The van der Waals surface area contributed by atoms with Gasteiger partial charge < -0.3 is 15.8 Å². The molecule has 0 fully saturated rings. The molecular weight excluding hydrogens is 264 g/mol. The first-order valence-electron chi connectivity index (χ1n) is 6.18. The van der Waals surface area contributed by atoms with Crippen LogP contribution in [-0.2, 0) is 4.74 Å². The normalized spacial score (nSPS) is 11.4. The van der Waals surface area contributed by atoms with Gasteiger partial charge in [0.25, 0.3) is 5.91 Å². The maximum absolute atomic E-state index is 12.0. The lowest BCUT2D eigenvalue weighted by molar-refractivity contribution is 0.0921. The molecule has 0 saturated carbocycles. The summed E-state index contributed by atoms with van der Waals surface area (Å²) in [7, 11) is 1.67. The molecule has 0 unspecified atom stereocenters. The third kappa shape index (κ3) is 5.09. The first-order valence-corrected chi connectivity index (χ1v) is 6.56. The third-order valence-electron chi connectivity index (χ3n) is 2.97. The van der Waals surface area contributed by atoms with Crippen molar-refractivity contribution in [1.29, 1.82) is 0 Å². The van der Waals surface area contributed by atoms with E-state index in [4.69, 9.17) is 22.1 Å². The van der Waals surface area contributed by atoms with Crippen molar-refractivity contribution in [2.45, 2.75) is 20.3 Å². The summed E-state index contributed by atoms with van der Waals surface area (Å²) < 4.78 is 5.05. The van der Waals surface area contributed by atoms with E-state index >= 15 is 0 Å². The van der Waals surface area contributed by atoms with Crippen molar-refractivity contribution in [3.63, 3.8) is 0 Å². The zero-order valence-corrected chi connectivity index (χ0v) is 12.4. The molecule has 1 rings (SSSR count). The quantitative estimate of drug-likeness (QED) is 0.790. The average molecular weight is 285 g/mol. The Labute approximate surface area is 119 Å². The van der Waals surface area contributed by atoms with E-state index in [9.17, 15) is 4.79 Å². The Kier molecular flexibility index (Phi) is 5.63. The molecule has 5 heteroatoms. The number of anilines is 1. The fourth-order valence-corrected chi connectivity index (χ4v) is 1.69. The fourth-order valence-electron chi connectivity index (χ4n) is 1.57. The van der Waals surface area contributed by atoms with E-state index in [0.29, 0.717) is 29.4 Å². The van der Waals surface area contributed by atoms with Gasteiger partial charge in [-0.3, -0.25) is 4.79 Å². The first kappa shape index (κ1) is 15.8. The molecule has 0 atom stereocenters. The van der Waals surface area contributed by atoms with Crippen LogP contribution in [0.5, 0.6) is 0 Å². The number of amides is 1. The van der Waals surface area contributed by atoms with Gasteiger partial charge in [-0.15, -0.1) is 0 Å². The van der Waals surface area contributed by atoms with E-state index in [1.165, 1.54) is 0 Å². The van der Waals surface area contributed by atoms with Gasteiger partial charge in [0, 0.05) is 25.8 Å². The molecule has 0 aliphatic heterocycles. The van der Waals surface area contributed by atoms with Crippen LogP contribution in [0.25, 0.3) is 0 Å². The summed E-state index contributed by atoms with van der Waals surface area (Å²) >= 11 is 5.82. The number of nitrogen functional groups attached to an aromatic ring is 1. The highest BCUT2D eigenvalue weighted by Crippen LogP contribution is 2.21. The second-order valence-corrected chi connectivity index (χ2v) is 5.73. The predicted molar refractivity (Wildman–Crippen MR) is 78.5 cm³/mol. The number of hydrogen-bond acceptors (Lipinski definition) is 3. The van der Waals surface area contributed by atoms with E-state index in [2.05, 4.69) is 19.2 Å². The van der Waals surface area contributed by atoms with Crippen LogP contribution in [0.15, 0.2) is 18.2 Å². The van der Waals surface area contributed by atoms with Crippen LogP contribution in [0, 0.1) is 5.41 Å². The van der Waals surface area contributed by atoms with Gasteiger partial charge in [-0.25, -0.2) is 0 Å². The van der Waals surface area contributed by atoms with E-state index < -0.39 is 0 Å². The number of hydrogen-bond donors (Lipinski definition) is 2. The monoisotopic (exact) mass is 284 g/mol. The average Bonchev–Trinajstić information content (AvgIpc) is 2.37. The topological polar surface area (TPSA) is 64.3 Å². The van der Waals surface area contributed by atoms with Gasteiger partial charge in [0.15, 0.2) is 0 Å². The minimum absolute atomic E-state index is 0.0103. The molecule has 106 valence electrons. The highest BCUT2D eigenvalue weighted by molar-refractivity contribution is 6.33. The highest BCUT2D eigenvalue weighted by Gasteiger charge is 2.19. The van der Waals surface area contributed by atoms with Crippen molar-refractivity contribution < 1.29 is 9.53 Å². The lowest BCUT2D eigenvalue weighted by Gasteiger charge is -2.24. The van der Waals surface area contributed by atoms with Gasteiger partial charge in [-0.2, -0.15) is 0 Å². The number of methoxy groups -OCH3 is 1. The van der Waals surface area contributed by atoms with Crippen molar-refractivity contribution in [1.82, 2.24) is 5.32 Å². The van der Waals surface area contributed by atoms with E-state index in [0.717, 1.165) is 6.42 Å². The van der Waals surface area contributed by atoms with Crippen molar-refractivity contribution in [2.24, 2.45) is 5.41 Å². The Morgan fingerprint density at radius 3 is 2.74 bits per heavy atom. The van der Waals surface area contributed by atoms with Crippen molar-refractivity contribution in [2.75, 3.05) is 26.0 Å². The van der Waals surface area contributed by atoms with Gasteiger partial charge in [-0.05, 0) is 30.0 Å². The fraction of sp³-hybridized carbons (Fsp3) is 0.500. The summed E-state index contributed by atoms with van der Waals surface area (Å²) in [5.41, 5.74) is 6.60. The first-order chi connectivity index (χ1) is 8.85. The number of nitrogens with one attached hydrogen (secondary N) is 1. The van der Waals surface area contributed by atoms with Crippen LogP contribution in [0.1, 0.15) is 30.6 Å². The van der Waals surface area contributed by atoms with Crippen molar-refractivity contribution in [3.05, 3.63) is 28.8 Å². The lowest BCUT2D eigenvalue weighted by Crippen LogP contribution is -2.34. The standard InChI is InChI=1S/C14H21ClN2O2/c1-14(2,6-7-19-3)9-17-13(18)10-4-5-11(15)12(16)8-10/h4-5,8H,6-7,9,16H2,1-3H3,(H,17,18). The van der Waals surface area contributed by atoms with Crippen LogP contribution >= 0.6 is 11.6 Å². The molecule has 0 heterocycles. The SMILES string of the molecule is COCCC(C)(C)CNC(=O)c1ccc(Cl)c(N)c1. The minimum atomic E-state index is -0.145. The number of carbonyl (C=O) groups is 1. The summed E-state index contributed by atoms with van der Waals surface area (Å²) in [4.78, 5) is 12.0. The molecule has 3 N–H and O–H groups in total. The highest BCUT2D eigenvalue weighted by atomic mass is 35.5. The largest absolute Gasteiger partial charge is 0.398 e. The molecular formula is C14H21ClN2O2. The molecule has 0 bridgehead atoms. The lowest BCUT2D eigenvalue weighted by atomic mass is 9.89. The molecule has 0 saturated heterocycles. The summed E-state index contributed by atoms with van der Waals surface area (Å²) in [6.07, 6.45) is 0.881. The van der Waals surface area contributed by atoms with Crippen molar-refractivity contribution in [3.8, 4) is 0 Å². The molecule has 1 aromatic rings. The molecule has 1 aromatic carbocycles. The predicted octanol–water partition coefficient (Wildman–Crippen LogP) is 2.71. The Bertz CT molecular complexity index is 447. The summed E-state index contributed by atoms with van der Waals surface area (Å²) in [6.45, 7) is 5.43. The van der Waals surface area contributed by atoms with Crippen molar-refractivity contribution >= 4 is 23.2 Å². The van der Waals surface area contributed by atoms with Gasteiger partial charge in [-0.1, -0.05) is 25.4 Å². The second-order valence-electron chi connectivity index (χ2n) is 5.33. The van der Waals surface area contributed by atoms with Crippen LogP contribution in [0.4, 0.5) is 5.69 Å². The molecule has 0 aliphatic rings. The number of nitrogens with two attached hydrogens (primary N) is 1. The van der Waals surface area contributed by atoms with Crippen LogP contribution in [0.3, 0.4) is 0 Å². The summed E-state index contributed by atoms with van der Waals surface area (Å²) in [6, 6.07) is 4.87. The Hall–Kier alpha value is -1.26. The molecule has 0 aliphatic carbocycles. The molecule has 1 amide bonds. The number of halogens is 1. The number of carbonyl (C=O) groups excluding carboxylic acids is 1. The Morgan fingerprint density at radius 1 is 1.47 bits per heavy atom. The van der Waals surface area contributed by atoms with Gasteiger partial charge >= 0.3 is 0 Å². The summed E-state index contributed by atoms with van der Waals surface area (Å²) in [5.74, 6) is -0.145. The van der Waals surface area contributed by atoms with E-state index in [1.54, 1.807) is 25.3 Å². The van der Waals surface area contributed by atoms with E-state index in [1.807, 2.05) is 0 Å². The number of benzene rings is 1. The molecule has 0 radical (unpaired) electrons. The second kappa shape index (κ2) is 6.78. The summed E-state index contributed by atoms with van der Waals surface area (Å²) in [5, 5.41) is 3.36. The smallest absolute Gasteiger partial charge is 0.251 e. The third-order valence-corrected chi connectivity index (χ3v) is 3.31. The van der Waals surface area contributed by atoms with Crippen LogP contribution in [-0.4, -0.2) is 26.2 Å². The molecule has 0 spiro atoms. The zero-order chi connectivity index (χ0) is 14.5. The Morgan fingerprint density at radius 2 is 2.16 bits per heavy atom. The molecule has 0 aromatic heterocycles. The Balaban J connectivity index is 2.57. The molecule has 4 nitrogen and oxygen atoms in total. The van der Waals surface area contributed by atoms with Gasteiger partial charge in [0.05, 0.1) is 10.7 Å². The van der Waals surface area contributed by atoms with Crippen LogP contribution < -0.4 is 11.1 Å². The van der Waals surface area contributed by atoms with Gasteiger partial charge in [0.2, 0.25) is 0 Å². The maximum Gasteiger partial charge on any atom is 0.251 e.